The largest absolute Gasteiger partial charge is 0.379 e. The van der Waals surface area contributed by atoms with Crippen LogP contribution in [0.25, 0.3) is 0 Å². The molecule has 0 aliphatic heterocycles. The number of aryl methyl sites for hydroxylation is 1. The Morgan fingerprint density at radius 1 is 1.58 bits per heavy atom. The zero-order chi connectivity index (χ0) is 14.5. The molecule has 0 aliphatic carbocycles. The number of carbonyl (C=O) groups excluding carboxylic acids is 1. The number of hydrogen-bond acceptors (Lipinski definition) is 4. The summed E-state index contributed by atoms with van der Waals surface area (Å²) in [6, 6.07) is 1.59. The van der Waals surface area contributed by atoms with Gasteiger partial charge in [0.2, 0.25) is 0 Å². The average Bonchev–Trinajstić information content (AvgIpc) is 2.71. The molecular weight excluding hydrogens is 246 g/mol. The molecule has 0 saturated heterocycles. The highest BCUT2D eigenvalue weighted by atomic mass is 16.5. The number of hydrogen-bond donors (Lipinski definition) is 2. The SMILES string of the molecule is COC(C)(C)C[C@H](C)NC(=O)NCc1cc(C)on1. The summed E-state index contributed by atoms with van der Waals surface area (Å²) in [4.78, 5) is 11.7. The van der Waals surface area contributed by atoms with E-state index in [0.29, 0.717) is 12.2 Å². The van der Waals surface area contributed by atoms with Crippen molar-refractivity contribution in [3.63, 3.8) is 0 Å². The Hall–Kier alpha value is -1.56. The van der Waals surface area contributed by atoms with Crippen molar-refractivity contribution in [1.82, 2.24) is 15.8 Å². The van der Waals surface area contributed by atoms with Crippen LogP contribution in [0, 0.1) is 6.92 Å². The fourth-order valence-corrected chi connectivity index (χ4v) is 1.82. The van der Waals surface area contributed by atoms with E-state index in [-0.39, 0.29) is 17.7 Å². The summed E-state index contributed by atoms with van der Waals surface area (Å²) in [5.41, 5.74) is 0.452. The lowest BCUT2D eigenvalue weighted by Gasteiger charge is -2.27. The number of methoxy groups -OCH3 is 1. The topological polar surface area (TPSA) is 76.4 Å². The molecule has 6 heteroatoms. The molecule has 1 rings (SSSR count). The molecule has 0 fully saturated rings. The molecule has 1 atom stereocenters. The van der Waals surface area contributed by atoms with Gasteiger partial charge in [0, 0.05) is 19.2 Å². The molecule has 0 unspecified atom stereocenters. The second-order valence-corrected chi connectivity index (χ2v) is 5.32. The Bertz CT molecular complexity index is 415. The van der Waals surface area contributed by atoms with Gasteiger partial charge in [0.1, 0.15) is 11.5 Å². The quantitative estimate of drug-likeness (QED) is 0.828. The van der Waals surface area contributed by atoms with E-state index in [4.69, 9.17) is 9.26 Å². The van der Waals surface area contributed by atoms with E-state index in [2.05, 4.69) is 15.8 Å². The van der Waals surface area contributed by atoms with E-state index in [1.165, 1.54) is 0 Å². The number of nitrogens with zero attached hydrogens (tertiary/aromatic N) is 1. The van der Waals surface area contributed by atoms with Crippen LogP contribution < -0.4 is 10.6 Å². The highest BCUT2D eigenvalue weighted by Gasteiger charge is 2.21. The summed E-state index contributed by atoms with van der Waals surface area (Å²) >= 11 is 0. The molecule has 2 amide bonds. The van der Waals surface area contributed by atoms with Crippen molar-refractivity contribution in [2.24, 2.45) is 0 Å². The van der Waals surface area contributed by atoms with E-state index in [9.17, 15) is 4.79 Å². The number of rotatable bonds is 6. The smallest absolute Gasteiger partial charge is 0.315 e. The van der Waals surface area contributed by atoms with Crippen LogP contribution in [0.15, 0.2) is 10.6 Å². The summed E-state index contributed by atoms with van der Waals surface area (Å²) in [6.07, 6.45) is 0.736. The van der Waals surface area contributed by atoms with Gasteiger partial charge in [-0.05, 0) is 34.1 Å². The zero-order valence-corrected chi connectivity index (χ0v) is 12.2. The standard InChI is InChI=1S/C13H23N3O3/c1-9(7-13(3,4)18-5)15-12(17)14-8-11-6-10(2)19-16-11/h6,9H,7-8H2,1-5H3,(H2,14,15,17)/t9-/m0/s1. The van der Waals surface area contributed by atoms with Crippen molar-refractivity contribution in [3.8, 4) is 0 Å². The summed E-state index contributed by atoms with van der Waals surface area (Å²) in [5.74, 6) is 0.729. The van der Waals surface area contributed by atoms with E-state index in [1.54, 1.807) is 13.2 Å². The van der Waals surface area contributed by atoms with Crippen molar-refractivity contribution < 1.29 is 14.1 Å². The van der Waals surface area contributed by atoms with E-state index in [0.717, 1.165) is 12.2 Å². The minimum Gasteiger partial charge on any atom is -0.379 e. The number of carbonyl (C=O) groups is 1. The first kappa shape index (κ1) is 15.5. The molecule has 0 radical (unpaired) electrons. The van der Waals surface area contributed by atoms with Crippen molar-refractivity contribution in [2.75, 3.05) is 7.11 Å². The molecule has 2 N–H and O–H groups in total. The van der Waals surface area contributed by atoms with Crippen LogP contribution in [0.4, 0.5) is 4.79 Å². The normalized spacial score (nSPS) is 13.1. The van der Waals surface area contributed by atoms with Crippen LogP contribution in [0.5, 0.6) is 0 Å². The highest BCUT2D eigenvalue weighted by Crippen LogP contribution is 2.15. The molecule has 0 bridgehead atoms. The first-order valence-corrected chi connectivity index (χ1v) is 6.34. The average molecular weight is 269 g/mol. The van der Waals surface area contributed by atoms with Crippen LogP contribution in [0.3, 0.4) is 0 Å². The predicted molar refractivity (Wildman–Crippen MR) is 71.8 cm³/mol. The van der Waals surface area contributed by atoms with Gasteiger partial charge in [0.15, 0.2) is 0 Å². The lowest BCUT2D eigenvalue weighted by Crippen LogP contribution is -2.43. The Labute approximate surface area is 113 Å². The molecule has 108 valence electrons. The van der Waals surface area contributed by atoms with Crippen molar-refractivity contribution in [1.29, 1.82) is 0 Å². The van der Waals surface area contributed by atoms with Crippen LogP contribution in [0.2, 0.25) is 0 Å². The van der Waals surface area contributed by atoms with Gasteiger partial charge in [-0.3, -0.25) is 0 Å². The van der Waals surface area contributed by atoms with E-state index < -0.39 is 0 Å². The second-order valence-electron chi connectivity index (χ2n) is 5.32. The molecule has 1 aromatic rings. The zero-order valence-electron chi connectivity index (χ0n) is 12.2. The molecule has 1 heterocycles. The van der Waals surface area contributed by atoms with Gasteiger partial charge < -0.3 is 19.9 Å². The molecule has 0 aromatic carbocycles. The van der Waals surface area contributed by atoms with Gasteiger partial charge in [-0.1, -0.05) is 5.16 Å². The molecule has 1 aromatic heterocycles. The molecular formula is C13H23N3O3. The predicted octanol–water partition coefficient (Wildman–Crippen LogP) is 1.99. The number of nitrogens with one attached hydrogen (secondary N) is 2. The van der Waals surface area contributed by atoms with Gasteiger partial charge in [-0.2, -0.15) is 0 Å². The van der Waals surface area contributed by atoms with Crippen LogP contribution in [-0.4, -0.2) is 29.9 Å². The molecule has 0 saturated carbocycles. The third-order valence-corrected chi connectivity index (χ3v) is 2.83. The Balaban J connectivity index is 2.31. The Kier molecular flexibility index (Phi) is 5.35. The highest BCUT2D eigenvalue weighted by molar-refractivity contribution is 5.74. The minimum absolute atomic E-state index is 0.0222. The molecule has 6 nitrogen and oxygen atoms in total. The maximum atomic E-state index is 11.7. The fraction of sp³-hybridized carbons (Fsp3) is 0.692. The van der Waals surface area contributed by atoms with E-state index in [1.807, 2.05) is 27.7 Å². The van der Waals surface area contributed by atoms with Crippen molar-refractivity contribution in [3.05, 3.63) is 17.5 Å². The first-order valence-electron chi connectivity index (χ1n) is 6.34. The van der Waals surface area contributed by atoms with Gasteiger partial charge >= 0.3 is 6.03 Å². The molecule has 19 heavy (non-hydrogen) atoms. The number of aromatic nitrogens is 1. The molecule has 0 aliphatic rings. The third kappa shape index (κ3) is 5.74. The summed E-state index contributed by atoms with van der Waals surface area (Å²) in [5, 5.41) is 9.39. The number of amides is 2. The maximum absolute atomic E-state index is 11.7. The second kappa shape index (κ2) is 6.56. The number of ether oxygens (including phenoxy) is 1. The monoisotopic (exact) mass is 269 g/mol. The lowest BCUT2D eigenvalue weighted by atomic mass is 10.00. The lowest BCUT2D eigenvalue weighted by molar-refractivity contribution is 0.00950. The summed E-state index contributed by atoms with van der Waals surface area (Å²) in [6.45, 7) is 8.08. The Morgan fingerprint density at radius 2 is 2.26 bits per heavy atom. The van der Waals surface area contributed by atoms with Crippen molar-refractivity contribution in [2.45, 2.75) is 52.3 Å². The fourth-order valence-electron chi connectivity index (χ4n) is 1.82. The van der Waals surface area contributed by atoms with Crippen LogP contribution >= 0.6 is 0 Å². The number of urea groups is 1. The first-order chi connectivity index (χ1) is 8.82. The van der Waals surface area contributed by atoms with E-state index >= 15 is 0 Å². The Morgan fingerprint density at radius 3 is 2.79 bits per heavy atom. The summed E-state index contributed by atoms with van der Waals surface area (Å²) < 4.78 is 10.2. The van der Waals surface area contributed by atoms with Crippen LogP contribution in [-0.2, 0) is 11.3 Å². The summed E-state index contributed by atoms with van der Waals surface area (Å²) in [7, 11) is 1.67. The molecule has 0 spiro atoms. The van der Waals surface area contributed by atoms with Crippen LogP contribution in [0.1, 0.15) is 38.6 Å². The van der Waals surface area contributed by atoms with Gasteiger partial charge in [-0.25, -0.2) is 4.79 Å². The maximum Gasteiger partial charge on any atom is 0.315 e. The van der Waals surface area contributed by atoms with Crippen molar-refractivity contribution >= 4 is 6.03 Å². The van der Waals surface area contributed by atoms with Gasteiger partial charge in [-0.15, -0.1) is 0 Å². The van der Waals surface area contributed by atoms with Gasteiger partial charge in [0.05, 0.1) is 12.1 Å². The third-order valence-electron chi connectivity index (χ3n) is 2.83. The van der Waals surface area contributed by atoms with Gasteiger partial charge in [0.25, 0.3) is 0 Å². The minimum atomic E-state index is -0.254.